The third-order valence-electron chi connectivity index (χ3n) is 2.48. The van der Waals surface area contributed by atoms with Gasteiger partial charge in [0.25, 0.3) is 0 Å². The first kappa shape index (κ1) is 16.9. The lowest BCUT2D eigenvalue weighted by Crippen LogP contribution is -2.49. The molecule has 6 nitrogen and oxygen atoms in total. The summed E-state index contributed by atoms with van der Waals surface area (Å²) in [6.07, 6.45) is 1.96. The third kappa shape index (κ3) is 7.24. The highest BCUT2D eigenvalue weighted by Crippen LogP contribution is 1.98. The Kier molecular flexibility index (Phi) is 9.22. The zero-order valence-corrected chi connectivity index (χ0v) is 11.6. The highest BCUT2D eigenvalue weighted by Gasteiger charge is 2.21. The Hall–Kier alpha value is -1.14. The van der Waals surface area contributed by atoms with Gasteiger partial charge in [-0.1, -0.05) is 13.3 Å². The first-order chi connectivity index (χ1) is 8.54. The Morgan fingerprint density at radius 2 is 1.94 bits per heavy atom. The van der Waals surface area contributed by atoms with Crippen molar-refractivity contribution in [1.82, 2.24) is 10.6 Å². The van der Waals surface area contributed by atoms with Crippen LogP contribution in [0.3, 0.4) is 0 Å². The predicted octanol–water partition coefficient (Wildman–Crippen LogP) is 0.0688. The second-order valence-electron chi connectivity index (χ2n) is 4.13. The van der Waals surface area contributed by atoms with Crippen LogP contribution in [0.15, 0.2) is 0 Å². The average Bonchev–Trinajstić information content (AvgIpc) is 2.33. The highest BCUT2D eigenvalue weighted by atomic mass is 16.5. The number of rotatable bonds is 9. The van der Waals surface area contributed by atoms with Crippen LogP contribution < -0.4 is 10.6 Å². The highest BCUT2D eigenvalue weighted by molar-refractivity contribution is 5.83. The molecule has 0 aromatic carbocycles. The molecule has 0 aromatic heterocycles. The molecule has 0 bridgehead atoms. The monoisotopic (exact) mass is 260 g/mol. The molecule has 0 fully saturated rings. The van der Waals surface area contributed by atoms with E-state index in [0.29, 0.717) is 13.2 Å². The summed E-state index contributed by atoms with van der Waals surface area (Å²) in [5, 5.41) is 5.76. The van der Waals surface area contributed by atoms with Crippen LogP contribution in [0.4, 0.5) is 0 Å². The zero-order chi connectivity index (χ0) is 14.0. The molecule has 106 valence electrons. The predicted molar refractivity (Wildman–Crippen MR) is 68.2 cm³/mol. The van der Waals surface area contributed by atoms with Crippen molar-refractivity contribution in [1.29, 1.82) is 0 Å². The third-order valence-corrected chi connectivity index (χ3v) is 2.48. The summed E-state index contributed by atoms with van der Waals surface area (Å²) in [6.45, 7) is 4.35. The van der Waals surface area contributed by atoms with E-state index in [1.807, 2.05) is 0 Å². The van der Waals surface area contributed by atoms with Gasteiger partial charge in [0.2, 0.25) is 5.91 Å². The van der Waals surface area contributed by atoms with E-state index < -0.39 is 12.0 Å². The Balaban J connectivity index is 4.28. The van der Waals surface area contributed by atoms with Crippen molar-refractivity contribution in [2.24, 2.45) is 0 Å². The largest absolute Gasteiger partial charge is 0.467 e. The molecule has 0 saturated carbocycles. The molecule has 0 saturated heterocycles. The van der Waals surface area contributed by atoms with E-state index in [1.165, 1.54) is 14.0 Å². The van der Waals surface area contributed by atoms with Crippen molar-refractivity contribution in [2.75, 3.05) is 27.4 Å². The molecule has 0 heterocycles. The van der Waals surface area contributed by atoms with E-state index in [4.69, 9.17) is 4.74 Å². The molecule has 2 unspecified atom stereocenters. The molecule has 6 heteroatoms. The lowest BCUT2D eigenvalue weighted by Gasteiger charge is -2.21. The standard InChI is InChI=1S/C12H24N2O4/c1-5-6-10(8-17-3)13-7-11(12(16)18-4)14-9(2)15/h10-11,13H,5-8H2,1-4H3,(H,14,15). The van der Waals surface area contributed by atoms with E-state index in [1.54, 1.807) is 7.11 Å². The zero-order valence-electron chi connectivity index (χ0n) is 11.6. The molecular formula is C12H24N2O4. The molecule has 1 amide bonds. The minimum absolute atomic E-state index is 0.168. The average molecular weight is 260 g/mol. The topological polar surface area (TPSA) is 76.7 Å². The Morgan fingerprint density at radius 3 is 2.39 bits per heavy atom. The summed E-state index contributed by atoms with van der Waals surface area (Å²) in [5.74, 6) is -0.712. The fourth-order valence-electron chi connectivity index (χ4n) is 1.66. The number of nitrogens with one attached hydrogen (secondary N) is 2. The number of carbonyl (C=O) groups is 2. The van der Waals surface area contributed by atoms with Crippen LogP contribution in [-0.4, -0.2) is 51.3 Å². The lowest BCUT2D eigenvalue weighted by atomic mass is 10.1. The second kappa shape index (κ2) is 9.85. The summed E-state index contributed by atoms with van der Waals surface area (Å²) >= 11 is 0. The van der Waals surface area contributed by atoms with Crippen molar-refractivity contribution < 1.29 is 19.1 Å². The first-order valence-electron chi connectivity index (χ1n) is 6.12. The van der Waals surface area contributed by atoms with Crippen LogP contribution in [0.5, 0.6) is 0 Å². The van der Waals surface area contributed by atoms with Gasteiger partial charge in [-0.3, -0.25) is 4.79 Å². The summed E-state index contributed by atoms with van der Waals surface area (Å²) in [5.41, 5.74) is 0. The van der Waals surface area contributed by atoms with Gasteiger partial charge in [-0.05, 0) is 6.42 Å². The number of esters is 1. The SMILES string of the molecule is CCCC(COC)NCC(NC(C)=O)C(=O)OC. The molecule has 2 N–H and O–H groups in total. The Morgan fingerprint density at radius 1 is 1.28 bits per heavy atom. The molecule has 0 aliphatic carbocycles. The minimum Gasteiger partial charge on any atom is -0.467 e. The van der Waals surface area contributed by atoms with Crippen molar-refractivity contribution in [3.05, 3.63) is 0 Å². The molecule has 0 radical (unpaired) electrons. The van der Waals surface area contributed by atoms with Gasteiger partial charge in [0, 0.05) is 26.6 Å². The Labute approximate surface area is 108 Å². The molecule has 2 atom stereocenters. The lowest BCUT2D eigenvalue weighted by molar-refractivity contribution is -0.144. The number of ether oxygens (including phenoxy) is 2. The number of carbonyl (C=O) groups excluding carboxylic acids is 2. The fraction of sp³-hybridized carbons (Fsp3) is 0.833. The fourth-order valence-corrected chi connectivity index (χ4v) is 1.66. The van der Waals surface area contributed by atoms with Gasteiger partial charge in [-0.15, -0.1) is 0 Å². The minimum atomic E-state index is -0.663. The molecule has 0 aliphatic heterocycles. The summed E-state index contributed by atoms with van der Waals surface area (Å²) in [6, 6.07) is -0.496. The van der Waals surface area contributed by atoms with Crippen molar-refractivity contribution in [3.8, 4) is 0 Å². The van der Waals surface area contributed by atoms with Crippen LogP contribution in [-0.2, 0) is 19.1 Å². The van der Waals surface area contributed by atoms with Gasteiger partial charge in [-0.2, -0.15) is 0 Å². The second-order valence-corrected chi connectivity index (χ2v) is 4.13. The molecule has 0 aliphatic rings. The smallest absolute Gasteiger partial charge is 0.329 e. The van der Waals surface area contributed by atoms with Gasteiger partial charge in [0.15, 0.2) is 0 Å². The summed E-state index contributed by atoms with van der Waals surface area (Å²) < 4.78 is 9.73. The van der Waals surface area contributed by atoms with Crippen LogP contribution in [0.1, 0.15) is 26.7 Å². The van der Waals surface area contributed by atoms with Gasteiger partial charge >= 0.3 is 5.97 Å². The maximum absolute atomic E-state index is 11.5. The summed E-state index contributed by atoms with van der Waals surface area (Å²) in [7, 11) is 2.94. The first-order valence-corrected chi connectivity index (χ1v) is 6.12. The maximum Gasteiger partial charge on any atom is 0.329 e. The van der Waals surface area contributed by atoms with Crippen LogP contribution in [0, 0.1) is 0 Å². The number of methoxy groups -OCH3 is 2. The van der Waals surface area contributed by atoms with Gasteiger partial charge < -0.3 is 20.1 Å². The van der Waals surface area contributed by atoms with Gasteiger partial charge in [0.05, 0.1) is 13.7 Å². The van der Waals surface area contributed by atoms with Crippen molar-refractivity contribution in [2.45, 2.75) is 38.8 Å². The van der Waals surface area contributed by atoms with Crippen LogP contribution >= 0.6 is 0 Å². The van der Waals surface area contributed by atoms with Gasteiger partial charge in [-0.25, -0.2) is 4.79 Å². The van der Waals surface area contributed by atoms with E-state index in [0.717, 1.165) is 12.8 Å². The van der Waals surface area contributed by atoms with Crippen molar-refractivity contribution >= 4 is 11.9 Å². The Bertz CT molecular complexity index is 252. The molecule has 0 spiro atoms. The van der Waals surface area contributed by atoms with E-state index >= 15 is 0 Å². The van der Waals surface area contributed by atoms with E-state index in [-0.39, 0.29) is 11.9 Å². The molecule has 18 heavy (non-hydrogen) atoms. The molecule has 0 rings (SSSR count). The number of amides is 1. The number of hydrogen-bond donors (Lipinski definition) is 2. The normalized spacial score (nSPS) is 13.8. The molecular weight excluding hydrogens is 236 g/mol. The van der Waals surface area contributed by atoms with E-state index in [2.05, 4.69) is 22.3 Å². The molecule has 0 aromatic rings. The van der Waals surface area contributed by atoms with Crippen LogP contribution in [0.25, 0.3) is 0 Å². The number of hydrogen-bond acceptors (Lipinski definition) is 5. The van der Waals surface area contributed by atoms with Gasteiger partial charge in [0.1, 0.15) is 6.04 Å². The van der Waals surface area contributed by atoms with Crippen LogP contribution in [0.2, 0.25) is 0 Å². The summed E-state index contributed by atoms with van der Waals surface area (Å²) in [4.78, 5) is 22.5. The van der Waals surface area contributed by atoms with Crippen molar-refractivity contribution in [3.63, 3.8) is 0 Å². The van der Waals surface area contributed by atoms with E-state index in [9.17, 15) is 9.59 Å². The quantitative estimate of drug-likeness (QED) is 0.574. The maximum atomic E-state index is 11.5.